The number of hydrogen-bond acceptors (Lipinski definition) is 10. The topological polar surface area (TPSA) is 117 Å². The van der Waals surface area contributed by atoms with Crippen molar-refractivity contribution in [1.29, 1.82) is 0 Å². The molecule has 1 saturated heterocycles. The number of anilines is 3. The van der Waals surface area contributed by atoms with Gasteiger partial charge in [0.15, 0.2) is 11.6 Å². The molecule has 0 unspecified atom stereocenters. The van der Waals surface area contributed by atoms with Crippen molar-refractivity contribution in [1.82, 2.24) is 28.2 Å². The van der Waals surface area contributed by atoms with Gasteiger partial charge in [-0.05, 0) is 48.9 Å². The van der Waals surface area contributed by atoms with E-state index >= 15 is 0 Å². The van der Waals surface area contributed by atoms with Crippen molar-refractivity contribution in [2.24, 2.45) is 0 Å². The highest BCUT2D eigenvalue weighted by molar-refractivity contribution is 7.89. The molecule has 1 N–H and O–H groups in total. The molecule has 0 bridgehead atoms. The zero-order valence-electron chi connectivity index (χ0n) is 17.2. The lowest BCUT2D eigenvalue weighted by Gasteiger charge is -2.34. The lowest BCUT2D eigenvalue weighted by molar-refractivity contribution is 0.384. The first kappa shape index (κ1) is 20.7. The molecule has 164 valence electrons. The van der Waals surface area contributed by atoms with E-state index in [4.69, 9.17) is 0 Å². The first-order valence-electron chi connectivity index (χ1n) is 10.0. The second-order valence-corrected chi connectivity index (χ2v) is 9.83. The van der Waals surface area contributed by atoms with Gasteiger partial charge in [-0.15, -0.1) is 10.2 Å². The maximum atomic E-state index is 13.2. The molecule has 0 aliphatic carbocycles. The molecule has 1 fully saturated rings. The van der Waals surface area contributed by atoms with Crippen molar-refractivity contribution in [3.05, 3.63) is 54.2 Å². The Balaban J connectivity index is 1.26. The van der Waals surface area contributed by atoms with Gasteiger partial charge in [-0.2, -0.15) is 13.1 Å². The van der Waals surface area contributed by atoms with Gasteiger partial charge >= 0.3 is 0 Å². The molecule has 32 heavy (non-hydrogen) atoms. The first-order chi connectivity index (χ1) is 15.5. The van der Waals surface area contributed by atoms with Crippen molar-refractivity contribution in [2.75, 3.05) is 36.4 Å². The summed E-state index contributed by atoms with van der Waals surface area (Å²) >= 11 is 1.01. The number of nitrogens with one attached hydrogen (secondary N) is 1. The number of fused-ring (bicyclic) bond motifs is 1. The van der Waals surface area contributed by atoms with Crippen LogP contribution >= 0.6 is 11.7 Å². The predicted molar refractivity (Wildman–Crippen MR) is 123 cm³/mol. The number of benzene rings is 1. The van der Waals surface area contributed by atoms with Crippen LogP contribution in [0.5, 0.6) is 0 Å². The van der Waals surface area contributed by atoms with Gasteiger partial charge in [0.1, 0.15) is 21.7 Å². The fourth-order valence-electron chi connectivity index (χ4n) is 3.58. The number of rotatable bonds is 5. The van der Waals surface area contributed by atoms with Crippen LogP contribution in [-0.2, 0) is 10.0 Å². The monoisotopic (exact) mass is 468 g/mol. The molecule has 4 heterocycles. The average Bonchev–Trinajstić information content (AvgIpc) is 3.29. The molecule has 10 nitrogen and oxygen atoms in total. The van der Waals surface area contributed by atoms with E-state index in [-0.39, 0.29) is 4.90 Å². The lowest BCUT2D eigenvalue weighted by Crippen LogP contribution is -2.49. The van der Waals surface area contributed by atoms with E-state index in [1.54, 1.807) is 24.4 Å². The Hall–Kier alpha value is -3.22. The maximum Gasteiger partial charge on any atom is 0.245 e. The van der Waals surface area contributed by atoms with E-state index < -0.39 is 10.0 Å². The smallest absolute Gasteiger partial charge is 0.245 e. The van der Waals surface area contributed by atoms with E-state index in [1.165, 1.54) is 4.31 Å². The van der Waals surface area contributed by atoms with Crippen LogP contribution in [0.3, 0.4) is 0 Å². The highest BCUT2D eigenvalue weighted by atomic mass is 32.2. The van der Waals surface area contributed by atoms with Crippen molar-refractivity contribution < 1.29 is 8.42 Å². The predicted octanol–water partition coefficient (Wildman–Crippen LogP) is 2.44. The zero-order chi connectivity index (χ0) is 22.1. The van der Waals surface area contributed by atoms with Gasteiger partial charge in [-0.3, -0.25) is 0 Å². The molecule has 1 aliphatic rings. The summed E-state index contributed by atoms with van der Waals surface area (Å²) in [6.45, 7) is 3.74. The Morgan fingerprint density at radius 3 is 2.56 bits per heavy atom. The molecule has 0 saturated carbocycles. The third-order valence-corrected chi connectivity index (χ3v) is 7.72. The highest BCUT2D eigenvalue weighted by Gasteiger charge is 2.31. The lowest BCUT2D eigenvalue weighted by atomic mass is 10.3. The highest BCUT2D eigenvalue weighted by Crippen LogP contribution is 2.26. The fourth-order valence-corrected chi connectivity index (χ4v) is 5.76. The summed E-state index contributed by atoms with van der Waals surface area (Å²) in [5, 5.41) is 11.7. The molecule has 12 heteroatoms. The SMILES string of the molecule is Cc1ccnc(Nc2ccc(N3CCN(S(=O)(=O)c4cccc5nsnc45)CC3)nn2)c1. The second kappa shape index (κ2) is 8.37. The minimum absolute atomic E-state index is 0.206. The summed E-state index contributed by atoms with van der Waals surface area (Å²) in [7, 11) is -3.65. The molecular weight excluding hydrogens is 448 g/mol. The fraction of sp³-hybridized carbons (Fsp3) is 0.250. The Morgan fingerprint density at radius 2 is 1.81 bits per heavy atom. The van der Waals surface area contributed by atoms with Crippen molar-refractivity contribution in [2.45, 2.75) is 11.8 Å². The summed E-state index contributed by atoms with van der Waals surface area (Å²) in [5.41, 5.74) is 2.12. The normalized spacial score (nSPS) is 15.2. The van der Waals surface area contributed by atoms with E-state index in [0.29, 0.717) is 54.7 Å². The number of sulfonamides is 1. The Bertz CT molecular complexity index is 1350. The number of aryl methyl sites for hydroxylation is 1. The van der Waals surface area contributed by atoms with Gasteiger partial charge in [-0.25, -0.2) is 13.4 Å². The maximum absolute atomic E-state index is 13.2. The van der Waals surface area contributed by atoms with Gasteiger partial charge in [0.25, 0.3) is 0 Å². The molecular formula is C20H20N8O2S2. The standard InChI is InChI=1S/C20H20N8O2S2/c1-14-7-8-21-18(13-14)22-17-5-6-19(24-23-17)27-9-11-28(12-10-27)32(29,30)16-4-2-3-15-20(16)26-31-25-15/h2-8,13H,9-12H2,1H3,(H,21,22,23). The van der Waals surface area contributed by atoms with E-state index in [1.807, 2.05) is 36.1 Å². The zero-order valence-corrected chi connectivity index (χ0v) is 18.8. The molecule has 0 spiro atoms. The number of nitrogens with zero attached hydrogens (tertiary/aromatic N) is 7. The third kappa shape index (κ3) is 3.99. The van der Waals surface area contributed by atoms with Crippen LogP contribution in [0.2, 0.25) is 0 Å². The van der Waals surface area contributed by atoms with Crippen LogP contribution in [0, 0.1) is 6.92 Å². The van der Waals surface area contributed by atoms with Crippen LogP contribution in [0.15, 0.2) is 53.6 Å². The average molecular weight is 469 g/mol. The Morgan fingerprint density at radius 1 is 0.969 bits per heavy atom. The number of aromatic nitrogens is 5. The van der Waals surface area contributed by atoms with Gasteiger partial charge in [0, 0.05) is 32.4 Å². The summed E-state index contributed by atoms with van der Waals surface area (Å²) in [4.78, 5) is 6.49. The Kier molecular flexibility index (Phi) is 5.41. The quantitative estimate of drug-likeness (QED) is 0.471. The molecule has 0 amide bonds. The summed E-state index contributed by atoms with van der Waals surface area (Å²) in [6, 6.07) is 12.6. The van der Waals surface area contributed by atoms with E-state index in [9.17, 15) is 8.42 Å². The molecule has 1 aliphatic heterocycles. The molecule has 3 aromatic heterocycles. The summed E-state index contributed by atoms with van der Waals surface area (Å²) in [6.07, 6.45) is 1.73. The van der Waals surface area contributed by atoms with Gasteiger partial charge in [0.05, 0.1) is 11.7 Å². The van der Waals surface area contributed by atoms with Gasteiger partial charge < -0.3 is 10.2 Å². The van der Waals surface area contributed by atoms with Crippen LogP contribution in [0.25, 0.3) is 11.0 Å². The van der Waals surface area contributed by atoms with Crippen molar-refractivity contribution >= 4 is 50.2 Å². The summed E-state index contributed by atoms with van der Waals surface area (Å²) in [5.74, 6) is 2.00. The van der Waals surface area contributed by atoms with E-state index in [2.05, 4.69) is 29.2 Å². The van der Waals surface area contributed by atoms with Crippen LogP contribution in [0.1, 0.15) is 5.56 Å². The minimum Gasteiger partial charge on any atom is -0.352 e. The number of piperazine rings is 1. The van der Waals surface area contributed by atoms with Crippen LogP contribution in [-0.4, -0.2) is 62.8 Å². The summed E-state index contributed by atoms with van der Waals surface area (Å²) < 4.78 is 36.2. The molecule has 0 radical (unpaired) electrons. The minimum atomic E-state index is -3.65. The second-order valence-electron chi connectivity index (χ2n) is 7.40. The number of hydrogen-bond donors (Lipinski definition) is 1. The van der Waals surface area contributed by atoms with Crippen molar-refractivity contribution in [3.8, 4) is 0 Å². The van der Waals surface area contributed by atoms with Gasteiger partial charge in [0.2, 0.25) is 10.0 Å². The number of pyridine rings is 1. The molecule has 5 rings (SSSR count). The van der Waals surface area contributed by atoms with Crippen LogP contribution < -0.4 is 10.2 Å². The molecule has 0 atom stereocenters. The molecule has 4 aromatic rings. The Labute approximate surface area is 189 Å². The largest absolute Gasteiger partial charge is 0.352 e. The van der Waals surface area contributed by atoms with E-state index in [0.717, 1.165) is 17.3 Å². The third-order valence-electron chi connectivity index (χ3n) is 5.25. The first-order valence-corrected chi connectivity index (χ1v) is 12.2. The van der Waals surface area contributed by atoms with Crippen molar-refractivity contribution in [3.63, 3.8) is 0 Å². The molecule has 1 aromatic carbocycles. The van der Waals surface area contributed by atoms with Gasteiger partial charge in [-0.1, -0.05) is 6.07 Å². The van der Waals surface area contributed by atoms with Crippen LogP contribution in [0.4, 0.5) is 17.5 Å².